The number of hydrogen-bond acceptors (Lipinski definition) is 4. The van der Waals surface area contributed by atoms with Crippen LogP contribution in [0.4, 0.5) is 0 Å². The number of rotatable bonds is 3. The Balaban J connectivity index is 2.11. The Bertz CT molecular complexity index is 693. The van der Waals surface area contributed by atoms with E-state index in [2.05, 4.69) is 5.10 Å². The van der Waals surface area contributed by atoms with Gasteiger partial charge in [0.2, 0.25) is 0 Å². The number of nitrogens with zero attached hydrogens (tertiary/aromatic N) is 2. The molecule has 2 aliphatic rings. The van der Waals surface area contributed by atoms with Gasteiger partial charge in [-0.25, -0.2) is 17.9 Å². The topological polar surface area (TPSA) is 89.3 Å². The molecule has 1 unspecified atom stereocenters. The van der Waals surface area contributed by atoms with Gasteiger partial charge in [-0.1, -0.05) is 11.6 Å². The molecule has 1 saturated heterocycles. The smallest absolute Gasteiger partial charge is 0.340 e. The van der Waals surface area contributed by atoms with E-state index in [4.69, 9.17) is 11.6 Å². The summed E-state index contributed by atoms with van der Waals surface area (Å²) in [5.74, 6) is -0.931. The van der Waals surface area contributed by atoms with E-state index in [-0.39, 0.29) is 28.1 Å². The zero-order valence-corrected chi connectivity index (χ0v) is 12.5. The van der Waals surface area contributed by atoms with E-state index in [1.54, 1.807) is 6.92 Å². The van der Waals surface area contributed by atoms with E-state index in [9.17, 15) is 18.3 Å². The van der Waals surface area contributed by atoms with Crippen LogP contribution in [0, 0.1) is 0 Å². The Morgan fingerprint density at radius 2 is 2.15 bits per heavy atom. The lowest BCUT2D eigenvalue weighted by Crippen LogP contribution is -2.32. The average molecular weight is 319 g/mol. The first-order chi connectivity index (χ1) is 9.23. The van der Waals surface area contributed by atoms with Crippen molar-refractivity contribution in [2.45, 2.75) is 37.6 Å². The fraction of sp³-hybridized carbons (Fsp3) is 0.667. The first-order valence-electron chi connectivity index (χ1n) is 6.46. The molecule has 2 fully saturated rings. The van der Waals surface area contributed by atoms with Crippen LogP contribution < -0.4 is 0 Å². The molecule has 1 N–H and O–H groups in total. The van der Waals surface area contributed by atoms with Crippen LogP contribution in [0.25, 0.3) is 0 Å². The van der Waals surface area contributed by atoms with Gasteiger partial charge in [0.25, 0.3) is 0 Å². The molecule has 3 rings (SSSR count). The third-order valence-corrected chi connectivity index (χ3v) is 6.26. The van der Waals surface area contributed by atoms with Crippen molar-refractivity contribution in [1.29, 1.82) is 0 Å². The third kappa shape index (κ3) is 2.13. The SMILES string of the molecule is CC1(n2nc(C3CC3)c(C(=O)O)c2Cl)CCS(=O)(=O)C1. The Kier molecular flexibility index (Phi) is 2.92. The van der Waals surface area contributed by atoms with Gasteiger partial charge in [-0.3, -0.25) is 0 Å². The molecule has 1 aliphatic carbocycles. The minimum Gasteiger partial charge on any atom is -0.478 e. The number of carbonyl (C=O) groups is 1. The summed E-state index contributed by atoms with van der Waals surface area (Å²) < 4.78 is 24.8. The second kappa shape index (κ2) is 4.21. The van der Waals surface area contributed by atoms with E-state index >= 15 is 0 Å². The summed E-state index contributed by atoms with van der Waals surface area (Å²) in [5, 5.41) is 13.7. The van der Waals surface area contributed by atoms with Gasteiger partial charge in [-0.15, -0.1) is 0 Å². The molecule has 0 radical (unpaired) electrons. The van der Waals surface area contributed by atoms with Gasteiger partial charge in [0.1, 0.15) is 10.7 Å². The number of carboxylic acid groups (broad SMARTS) is 1. The summed E-state index contributed by atoms with van der Waals surface area (Å²) in [4.78, 5) is 11.4. The van der Waals surface area contributed by atoms with Gasteiger partial charge in [0.05, 0.1) is 22.7 Å². The van der Waals surface area contributed by atoms with Gasteiger partial charge in [-0.05, 0) is 26.2 Å². The Hall–Kier alpha value is -1.08. The van der Waals surface area contributed by atoms with Crippen molar-refractivity contribution < 1.29 is 18.3 Å². The van der Waals surface area contributed by atoms with Crippen LogP contribution in [0.15, 0.2) is 0 Å². The van der Waals surface area contributed by atoms with E-state index in [0.717, 1.165) is 12.8 Å². The lowest BCUT2D eigenvalue weighted by molar-refractivity contribution is 0.0695. The predicted molar refractivity (Wildman–Crippen MR) is 73.1 cm³/mol. The molecule has 110 valence electrons. The summed E-state index contributed by atoms with van der Waals surface area (Å²) in [6.07, 6.45) is 2.21. The Morgan fingerprint density at radius 3 is 2.60 bits per heavy atom. The van der Waals surface area contributed by atoms with Gasteiger partial charge in [0, 0.05) is 5.92 Å². The summed E-state index contributed by atoms with van der Waals surface area (Å²) in [6.45, 7) is 1.76. The minimum absolute atomic E-state index is 0.0275. The lowest BCUT2D eigenvalue weighted by Gasteiger charge is -2.23. The molecule has 2 heterocycles. The van der Waals surface area contributed by atoms with Gasteiger partial charge >= 0.3 is 5.97 Å². The van der Waals surface area contributed by atoms with E-state index < -0.39 is 21.3 Å². The van der Waals surface area contributed by atoms with Crippen LogP contribution in [0.5, 0.6) is 0 Å². The third-order valence-electron chi connectivity index (χ3n) is 4.03. The van der Waals surface area contributed by atoms with Crippen molar-refractivity contribution in [1.82, 2.24) is 9.78 Å². The Morgan fingerprint density at radius 1 is 1.50 bits per heavy atom. The van der Waals surface area contributed by atoms with E-state index in [1.807, 2.05) is 0 Å². The number of aromatic carboxylic acids is 1. The zero-order valence-electron chi connectivity index (χ0n) is 11.0. The van der Waals surface area contributed by atoms with Crippen LogP contribution in [-0.4, -0.2) is 40.8 Å². The fourth-order valence-corrected chi connectivity index (χ4v) is 5.30. The van der Waals surface area contributed by atoms with Crippen LogP contribution in [0.1, 0.15) is 48.2 Å². The summed E-state index contributed by atoms with van der Waals surface area (Å²) in [5.41, 5.74) is -0.236. The molecule has 1 atom stereocenters. The first-order valence-corrected chi connectivity index (χ1v) is 8.66. The van der Waals surface area contributed by atoms with E-state index in [0.29, 0.717) is 12.1 Å². The van der Waals surface area contributed by atoms with Crippen molar-refractivity contribution in [3.63, 3.8) is 0 Å². The zero-order chi connectivity index (χ0) is 14.7. The number of sulfone groups is 1. The molecule has 0 spiro atoms. The van der Waals surface area contributed by atoms with Gasteiger partial charge in [0.15, 0.2) is 9.84 Å². The number of aromatic nitrogens is 2. The number of carboxylic acids is 1. The number of halogens is 1. The molecular weight excluding hydrogens is 304 g/mol. The molecule has 1 aromatic heterocycles. The molecular formula is C12H15ClN2O4S. The monoisotopic (exact) mass is 318 g/mol. The molecule has 1 aromatic rings. The first kappa shape index (κ1) is 13.9. The highest BCUT2D eigenvalue weighted by molar-refractivity contribution is 7.91. The maximum atomic E-state index is 11.7. The Labute approximate surface area is 121 Å². The van der Waals surface area contributed by atoms with Crippen molar-refractivity contribution in [2.75, 3.05) is 11.5 Å². The quantitative estimate of drug-likeness (QED) is 0.915. The molecule has 0 amide bonds. The van der Waals surface area contributed by atoms with Crippen molar-refractivity contribution >= 4 is 27.4 Å². The van der Waals surface area contributed by atoms with Crippen molar-refractivity contribution in [3.05, 3.63) is 16.4 Å². The molecule has 20 heavy (non-hydrogen) atoms. The molecule has 6 nitrogen and oxygen atoms in total. The molecule has 1 aliphatic heterocycles. The second-order valence-electron chi connectivity index (χ2n) is 5.88. The highest BCUT2D eigenvalue weighted by Gasteiger charge is 2.44. The highest BCUT2D eigenvalue weighted by atomic mass is 35.5. The van der Waals surface area contributed by atoms with Crippen molar-refractivity contribution in [3.8, 4) is 0 Å². The fourth-order valence-electron chi connectivity index (χ4n) is 2.77. The predicted octanol–water partition coefficient (Wildman–Crippen LogP) is 1.65. The maximum absolute atomic E-state index is 11.7. The molecule has 0 aromatic carbocycles. The maximum Gasteiger partial charge on any atom is 0.340 e. The summed E-state index contributed by atoms with van der Waals surface area (Å²) in [7, 11) is -3.11. The average Bonchev–Trinajstić information content (AvgIpc) is 3.03. The summed E-state index contributed by atoms with van der Waals surface area (Å²) >= 11 is 6.18. The van der Waals surface area contributed by atoms with Crippen LogP contribution in [0.2, 0.25) is 5.15 Å². The molecule has 1 saturated carbocycles. The number of hydrogen-bond donors (Lipinski definition) is 1. The summed E-state index contributed by atoms with van der Waals surface area (Å²) in [6, 6.07) is 0. The van der Waals surface area contributed by atoms with Crippen LogP contribution >= 0.6 is 11.6 Å². The normalized spacial score (nSPS) is 28.7. The lowest BCUT2D eigenvalue weighted by atomic mass is 10.0. The van der Waals surface area contributed by atoms with Crippen LogP contribution in [-0.2, 0) is 15.4 Å². The second-order valence-corrected chi connectivity index (χ2v) is 8.42. The van der Waals surface area contributed by atoms with E-state index in [1.165, 1.54) is 4.68 Å². The highest BCUT2D eigenvalue weighted by Crippen LogP contribution is 2.44. The minimum atomic E-state index is -3.11. The van der Waals surface area contributed by atoms with Crippen molar-refractivity contribution in [2.24, 2.45) is 0 Å². The standard InChI is InChI=1S/C12H15ClN2O4S/c1-12(4-5-20(18,19)6-12)15-10(13)8(11(16)17)9(14-15)7-2-3-7/h7H,2-6H2,1H3,(H,16,17). The largest absolute Gasteiger partial charge is 0.478 e. The molecule has 8 heteroatoms. The van der Waals surface area contributed by atoms with Gasteiger partial charge < -0.3 is 5.11 Å². The van der Waals surface area contributed by atoms with Crippen LogP contribution in [0.3, 0.4) is 0 Å². The molecule has 0 bridgehead atoms. The van der Waals surface area contributed by atoms with Gasteiger partial charge in [-0.2, -0.15) is 5.10 Å².